The summed E-state index contributed by atoms with van der Waals surface area (Å²) in [5, 5.41) is 74.5. The van der Waals surface area contributed by atoms with Crippen molar-refractivity contribution in [1.29, 1.82) is 0 Å². The Balaban J connectivity index is 0.000000168. The molecule has 0 unspecified atom stereocenters. The first-order chi connectivity index (χ1) is 61.6. The van der Waals surface area contributed by atoms with Gasteiger partial charge in [-0.3, -0.25) is 52.8 Å². The minimum Gasteiger partial charge on any atom is -0.535 e. The number of Topliss-reactive ketones (excluding diaryl/α,β-unsaturated/α-hetero) is 10. The molecule has 0 saturated carbocycles. The second kappa shape index (κ2) is 50.9. The molecular weight excluding hydrogens is 1650 g/mol. The van der Waals surface area contributed by atoms with Crippen LogP contribution in [-0.2, 0) is 60.8 Å². The molecule has 5 fully saturated rings. The SMILES string of the molecule is C.CC(=O)c1cccc2c1OB(O)[C@@H](CC(=O)CN(C)C1CCNCC1)C2.CC(=O)c1cccc2c1OB(O)[C@@H](CC(=O)CNC1CCN(CCN)CC1)C2.CC(=O)c1cccc2c1OB(O)[C@@H](CC(=O)CNC1CCNCC1)C2.CC(=O)c1cccc2c1OB(O)[C@@H](CC(=O)CN[C@@H]1CCNC1)C2.CC(=O)c1cccc2c1OB(O)[C@@H](CC(=O)COC1CCNCC1)C2. The minimum absolute atomic E-state index is 0. The number of nitrogens with one attached hydrogen (secondary N) is 7. The zero-order valence-electron chi connectivity index (χ0n) is 75.0. The quantitative estimate of drug-likeness (QED) is 0.0185. The maximum atomic E-state index is 12.5. The summed E-state index contributed by atoms with van der Waals surface area (Å²) in [5.41, 5.74) is 12.3. The molecule has 5 saturated heterocycles. The Bertz CT molecular complexity index is 4510. The Labute approximate surface area is 760 Å². The van der Waals surface area contributed by atoms with Crippen LogP contribution in [0.5, 0.6) is 28.7 Å². The smallest absolute Gasteiger partial charge is 0.526 e. The van der Waals surface area contributed by atoms with Gasteiger partial charge in [-0.05, 0) is 249 Å². The van der Waals surface area contributed by atoms with Gasteiger partial charge >= 0.3 is 35.6 Å². The summed E-state index contributed by atoms with van der Waals surface area (Å²) in [6.07, 6.45) is 13.1. The number of ether oxygens (including phenoxy) is 1. The zero-order chi connectivity index (χ0) is 91.5. The molecule has 0 aromatic heterocycles. The average molecular weight is 1780 g/mol. The first-order valence-electron chi connectivity index (χ1n) is 45.8. The van der Waals surface area contributed by atoms with Crippen molar-refractivity contribution in [3.05, 3.63) is 147 Å². The molecule has 0 bridgehead atoms. The summed E-state index contributed by atoms with van der Waals surface area (Å²) in [5.74, 6) is 0.641. The number of likely N-dealkylation sites (N-methyl/N-ethyl adjacent to an activating group) is 1. The number of piperidine rings is 4. The van der Waals surface area contributed by atoms with E-state index in [1.165, 1.54) is 34.6 Å². The molecule has 31 nitrogen and oxygen atoms in total. The lowest BCUT2D eigenvalue weighted by atomic mass is 9.64. The van der Waals surface area contributed by atoms with Gasteiger partial charge in [0.25, 0.3) is 0 Å². The molecule has 10 heterocycles. The minimum atomic E-state index is -1.09. The highest BCUT2D eigenvalue weighted by Gasteiger charge is 2.44. The Hall–Kier alpha value is -8.52. The Morgan fingerprint density at radius 2 is 0.690 bits per heavy atom. The molecule has 5 aromatic rings. The average Bonchev–Trinajstić information content (AvgIpc) is 0.962. The molecule has 0 amide bonds. The van der Waals surface area contributed by atoms with Crippen LogP contribution in [0.2, 0.25) is 29.1 Å². The number of hydrogen-bond donors (Lipinski definition) is 13. The van der Waals surface area contributed by atoms with E-state index in [0.29, 0.717) is 146 Å². The number of fused-ring (bicyclic) bond motifs is 5. The molecule has 0 aliphatic carbocycles. The monoisotopic (exact) mass is 1780 g/mol. The number of para-hydroxylation sites is 5. The van der Waals surface area contributed by atoms with Gasteiger partial charge in [-0.15, -0.1) is 0 Å². The first-order valence-corrected chi connectivity index (χ1v) is 45.8. The van der Waals surface area contributed by atoms with Crippen LogP contribution in [0.4, 0.5) is 0 Å². The molecule has 696 valence electrons. The van der Waals surface area contributed by atoms with E-state index in [1.54, 1.807) is 36.4 Å². The number of rotatable bonds is 32. The van der Waals surface area contributed by atoms with Crippen molar-refractivity contribution in [3.8, 4) is 28.7 Å². The van der Waals surface area contributed by atoms with Crippen molar-refractivity contribution < 1.29 is 101 Å². The Kier molecular flexibility index (Phi) is 40.5. The summed E-state index contributed by atoms with van der Waals surface area (Å²) in [4.78, 5) is 125. The maximum absolute atomic E-state index is 12.5. The van der Waals surface area contributed by atoms with Crippen molar-refractivity contribution in [3.63, 3.8) is 0 Å². The predicted molar refractivity (Wildman–Crippen MR) is 497 cm³/mol. The van der Waals surface area contributed by atoms with Gasteiger partial charge < -0.3 is 101 Å². The number of carbonyl (C=O) groups is 10. The van der Waals surface area contributed by atoms with Crippen LogP contribution >= 0.6 is 0 Å². The lowest BCUT2D eigenvalue weighted by Crippen LogP contribution is -2.45. The second-order valence-electron chi connectivity index (χ2n) is 35.7. The van der Waals surface area contributed by atoms with Crippen LogP contribution in [-0.4, -0.2) is 277 Å². The molecule has 14 N–H and O–H groups in total. The third-order valence-corrected chi connectivity index (χ3v) is 25.8. The third-order valence-electron chi connectivity index (χ3n) is 25.8. The van der Waals surface area contributed by atoms with E-state index in [0.717, 1.165) is 158 Å². The highest BCUT2D eigenvalue weighted by atomic mass is 16.5. The normalized spacial score (nSPS) is 20.9. The zero-order valence-corrected chi connectivity index (χ0v) is 75.0. The van der Waals surface area contributed by atoms with E-state index >= 15 is 0 Å². The van der Waals surface area contributed by atoms with Gasteiger partial charge in [0.15, 0.2) is 34.7 Å². The molecule has 0 spiro atoms. The number of likely N-dealkylation sites (tertiary alicyclic amines) is 1. The molecule has 36 heteroatoms. The largest absolute Gasteiger partial charge is 0.535 e. The maximum Gasteiger partial charge on any atom is 0.526 e. The van der Waals surface area contributed by atoms with E-state index in [-0.39, 0.29) is 139 Å². The number of nitrogens with two attached hydrogens (primary N) is 1. The third kappa shape index (κ3) is 30.3. The topological polar surface area (TPSA) is 444 Å². The van der Waals surface area contributed by atoms with Gasteiger partial charge in [0.1, 0.15) is 58.5 Å². The highest BCUT2D eigenvalue weighted by molar-refractivity contribution is 6.49. The number of ketones is 10. The van der Waals surface area contributed by atoms with Gasteiger partial charge in [-0.1, -0.05) is 68.1 Å². The summed E-state index contributed by atoms with van der Waals surface area (Å²) in [6, 6.07) is 28.5. The van der Waals surface area contributed by atoms with Crippen LogP contribution in [0.25, 0.3) is 0 Å². The van der Waals surface area contributed by atoms with Crippen LogP contribution in [0.15, 0.2) is 91.0 Å². The number of carbonyl (C=O) groups excluding carboxylic acids is 10. The van der Waals surface area contributed by atoms with Gasteiger partial charge in [0, 0.05) is 105 Å². The number of hydrogen-bond acceptors (Lipinski definition) is 31. The number of benzene rings is 5. The van der Waals surface area contributed by atoms with Gasteiger partial charge in [-0.2, -0.15) is 0 Å². The summed E-state index contributed by atoms with van der Waals surface area (Å²) < 4.78 is 33.6. The van der Waals surface area contributed by atoms with Crippen molar-refractivity contribution in [2.45, 2.75) is 223 Å². The first kappa shape index (κ1) is 103. The molecule has 129 heavy (non-hydrogen) atoms. The summed E-state index contributed by atoms with van der Waals surface area (Å²) >= 11 is 0. The fourth-order valence-electron chi connectivity index (χ4n) is 18.5. The van der Waals surface area contributed by atoms with Crippen LogP contribution in [0, 0.1) is 0 Å². The van der Waals surface area contributed by atoms with Gasteiger partial charge in [0.05, 0.1) is 60.1 Å². The lowest BCUT2D eigenvalue weighted by Gasteiger charge is -2.32. The standard InChI is InChI=1S/C20H30BN3O4.C19H27BN2O4.C18H25BN2O4.C18H24BNO5.C17H23BN2O4.CH4/c1-14(25)19-4-2-3-15-11-16(21(27)28-20(15)19)12-18(26)13-23-17-5-8-24(9-6-17)10-7-22;1-13(23)18-5-3-4-14-10-15(20(25)26-19(14)18)11-17(24)12-22(2)16-6-8-21-9-7-16;1-12(22)17-4-2-3-13-9-14(19(24)25-18(13)17)10-16(23)11-21-15-5-7-20-8-6-15;1-12(21)17-4-2-3-13-9-14(19(23)25-18(13)17)10-15(22)11-24-16-5-7-20-8-6-16;1-11(21)16-4-2-3-12-7-13(18(23)24-17(12)16)8-15(22)10-20-14-5-6-19-9-14;/h2-4,16-17,23,27H,5-13,22H2,1H3;3-5,15-16,21,25H,6-12H2,1-2H3;2-4,14-15,20-21,24H,5-11H2,1H3;2-4,14,16,20,23H,5-11H2,1H3;2-4,13-14,19-20,23H,5-10H2,1H3;1H4/t16-;15-;2*14-;13-,14-;/m11111./s1. The Morgan fingerprint density at radius 1 is 0.403 bits per heavy atom. The molecule has 15 rings (SSSR count). The summed E-state index contributed by atoms with van der Waals surface area (Å²) in [7, 11) is -3.34. The Morgan fingerprint density at radius 3 is 1.01 bits per heavy atom. The number of nitrogens with zero attached hydrogens (tertiary/aromatic N) is 2. The van der Waals surface area contributed by atoms with Gasteiger partial charge in [-0.25, -0.2) is 0 Å². The molecule has 6 atom stereocenters. The molecule has 10 aliphatic rings. The second-order valence-corrected chi connectivity index (χ2v) is 35.7. The van der Waals surface area contributed by atoms with Gasteiger partial charge in [0.2, 0.25) is 0 Å². The van der Waals surface area contributed by atoms with Crippen molar-refractivity contribution >= 4 is 93.4 Å². The molecule has 5 aromatic carbocycles. The highest BCUT2D eigenvalue weighted by Crippen LogP contribution is 2.42. The van der Waals surface area contributed by atoms with E-state index in [4.69, 9.17) is 33.7 Å². The predicted octanol–water partition coefficient (Wildman–Crippen LogP) is 5.56. The van der Waals surface area contributed by atoms with Crippen molar-refractivity contribution in [2.24, 2.45) is 5.73 Å². The van der Waals surface area contributed by atoms with E-state index < -0.39 is 35.6 Å². The molecule has 0 radical (unpaired) electrons. The van der Waals surface area contributed by atoms with E-state index in [2.05, 4.69) is 47.0 Å². The molecular formula is C93H133B5N10O21. The van der Waals surface area contributed by atoms with E-state index in [9.17, 15) is 73.1 Å². The fourth-order valence-corrected chi connectivity index (χ4v) is 18.5. The van der Waals surface area contributed by atoms with Crippen LogP contribution < -0.4 is 66.2 Å². The lowest BCUT2D eigenvalue weighted by molar-refractivity contribution is -0.126. The molecule has 10 aliphatic heterocycles. The van der Waals surface area contributed by atoms with Crippen LogP contribution in [0.1, 0.15) is 212 Å². The fraction of sp³-hybridized carbons (Fsp3) is 0.570. The van der Waals surface area contributed by atoms with Crippen LogP contribution in [0.3, 0.4) is 0 Å². The van der Waals surface area contributed by atoms with Crippen molar-refractivity contribution in [2.75, 3.05) is 118 Å². The van der Waals surface area contributed by atoms with Crippen molar-refractivity contribution in [1.82, 2.24) is 47.0 Å². The van der Waals surface area contributed by atoms with E-state index in [1.807, 2.05) is 61.6 Å². The summed E-state index contributed by atoms with van der Waals surface area (Å²) in [6.45, 7) is 20.1.